The summed E-state index contributed by atoms with van der Waals surface area (Å²) in [6.07, 6.45) is 6.63. The van der Waals surface area contributed by atoms with Crippen molar-refractivity contribution in [1.82, 2.24) is 10.3 Å². The van der Waals surface area contributed by atoms with Gasteiger partial charge in [0.15, 0.2) is 5.82 Å². The van der Waals surface area contributed by atoms with E-state index in [-0.39, 0.29) is 0 Å². The van der Waals surface area contributed by atoms with Crippen LogP contribution >= 0.6 is 0 Å². The lowest BCUT2D eigenvalue weighted by Gasteiger charge is -2.29. The summed E-state index contributed by atoms with van der Waals surface area (Å²) < 4.78 is 11.5. The van der Waals surface area contributed by atoms with Crippen molar-refractivity contribution in [1.29, 1.82) is 0 Å². The Morgan fingerprint density at radius 2 is 2.00 bits per heavy atom. The van der Waals surface area contributed by atoms with Crippen molar-refractivity contribution in [3.63, 3.8) is 0 Å². The van der Waals surface area contributed by atoms with Gasteiger partial charge >= 0.3 is 0 Å². The Morgan fingerprint density at radius 1 is 1.16 bits per heavy atom. The monoisotopic (exact) mass is 421 g/mol. The molecule has 0 atom stereocenters. The fourth-order valence-corrected chi connectivity index (χ4v) is 3.81. The molecule has 1 aromatic heterocycles. The first-order chi connectivity index (χ1) is 15.3. The maximum Gasteiger partial charge on any atom is 0.217 e. The first-order valence-electron chi connectivity index (χ1n) is 11.1. The lowest BCUT2D eigenvalue weighted by molar-refractivity contribution is 0.122. The third-order valence-corrected chi connectivity index (χ3v) is 5.45. The predicted octanol–water partition coefficient (Wildman–Crippen LogP) is 4.20. The molecule has 0 amide bonds. The second-order valence-electron chi connectivity index (χ2n) is 7.95. The normalized spacial score (nSPS) is 17.0. The number of benzene rings is 1. The van der Waals surface area contributed by atoms with Gasteiger partial charge in [-0.1, -0.05) is 42.0 Å². The molecular weight excluding hydrogens is 390 g/mol. The van der Waals surface area contributed by atoms with E-state index in [0.29, 0.717) is 30.9 Å². The van der Waals surface area contributed by atoms with Gasteiger partial charge in [-0.05, 0) is 25.3 Å². The summed E-state index contributed by atoms with van der Waals surface area (Å²) in [6, 6.07) is 12.8. The van der Waals surface area contributed by atoms with Gasteiger partial charge < -0.3 is 19.7 Å². The largest absolute Gasteiger partial charge is 0.476 e. The smallest absolute Gasteiger partial charge is 0.217 e. The standard InChI is InChI=1S/C24H31N5O2/c1-19-5-4-6-20(15-19)18-26-28-23-16-22(29-10-13-30-14-11-29)17-24(27-23)31-12-9-25-21-7-2-3-8-21/h2-6,15-17,21,25H,7-14,18H2,1H3. The number of anilines is 1. The molecule has 4 rings (SSSR count). The number of pyridine rings is 1. The van der Waals surface area contributed by atoms with Crippen LogP contribution in [0.15, 0.2) is 58.8 Å². The summed E-state index contributed by atoms with van der Waals surface area (Å²) in [5.41, 5.74) is 3.40. The highest BCUT2D eigenvalue weighted by molar-refractivity contribution is 5.55. The average molecular weight is 422 g/mol. The maximum atomic E-state index is 5.96. The van der Waals surface area contributed by atoms with E-state index in [2.05, 4.69) is 62.7 Å². The van der Waals surface area contributed by atoms with Gasteiger partial charge in [-0.3, -0.25) is 0 Å². The molecule has 164 valence electrons. The molecular formula is C24H31N5O2. The van der Waals surface area contributed by atoms with Crippen LogP contribution in [0, 0.1) is 6.92 Å². The summed E-state index contributed by atoms with van der Waals surface area (Å²) >= 11 is 0. The minimum atomic E-state index is 0.528. The van der Waals surface area contributed by atoms with E-state index in [9.17, 15) is 0 Å². The zero-order valence-electron chi connectivity index (χ0n) is 18.2. The summed E-state index contributed by atoms with van der Waals surface area (Å²) in [5, 5.41) is 12.3. The topological polar surface area (TPSA) is 71.3 Å². The molecule has 31 heavy (non-hydrogen) atoms. The van der Waals surface area contributed by atoms with Gasteiger partial charge in [0.25, 0.3) is 0 Å². The molecule has 7 heteroatoms. The highest BCUT2D eigenvalue weighted by atomic mass is 16.5. The van der Waals surface area contributed by atoms with Gasteiger partial charge in [0, 0.05) is 43.5 Å². The number of rotatable bonds is 9. The quantitative estimate of drug-likeness (QED) is 0.373. The highest BCUT2D eigenvalue weighted by Crippen LogP contribution is 2.26. The Labute approximate surface area is 184 Å². The lowest BCUT2D eigenvalue weighted by atomic mass is 10.1. The third kappa shape index (κ3) is 6.60. The Hall–Kier alpha value is -2.77. The van der Waals surface area contributed by atoms with Crippen molar-refractivity contribution in [2.24, 2.45) is 10.2 Å². The van der Waals surface area contributed by atoms with Crippen LogP contribution in [0.3, 0.4) is 0 Å². The fraction of sp³-hybridized carbons (Fsp3) is 0.458. The summed E-state index contributed by atoms with van der Waals surface area (Å²) in [5.74, 6) is 1.15. The number of morpholine rings is 1. The van der Waals surface area contributed by atoms with Crippen molar-refractivity contribution < 1.29 is 9.47 Å². The van der Waals surface area contributed by atoms with E-state index in [1.165, 1.54) is 5.56 Å². The summed E-state index contributed by atoms with van der Waals surface area (Å²) in [4.78, 5) is 6.84. The van der Waals surface area contributed by atoms with Crippen molar-refractivity contribution in [2.45, 2.75) is 32.4 Å². The minimum absolute atomic E-state index is 0.528. The molecule has 0 saturated carbocycles. The minimum Gasteiger partial charge on any atom is -0.476 e. The zero-order valence-corrected chi connectivity index (χ0v) is 18.2. The van der Waals surface area contributed by atoms with Crippen LogP contribution < -0.4 is 15.0 Å². The molecule has 1 aromatic carbocycles. The van der Waals surface area contributed by atoms with E-state index in [0.717, 1.165) is 56.9 Å². The van der Waals surface area contributed by atoms with Crippen molar-refractivity contribution in [2.75, 3.05) is 44.4 Å². The molecule has 2 aromatic rings. The Morgan fingerprint density at radius 3 is 2.81 bits per heavy atom. The number of aryl methyl sites for hydroxylation is 1. The number of azo groups is 1. The van der Waals surface area contributed by atoms with Crippen molar-refractivity contribution in [3.05, 3.63) is 59.7 Å². The van der Waals surface area contributed by atoms with E-state index in [4.69, 9.17) is 9.47 Å². The molecule has 1 aliphatic heterocycles. The van der Waals surface area contributed by atoms with Gasteiger partial charge in [-0.15, -0.1) is 5.11 Å². The molecule has 0 radical (unpaired) electrons. The van der Waals surface area contributed by atoms with Gasteiger partial charge in [0.05, 0.1) is 19.8 Å². The first kappa shape index (κ1) is 21.5. The van der Waals surface area contributed by atoms with Crippen LogP contribution in [0.25, 0.3) is 0 Å². The van der Waals surface area contributed by atoms with Gasteiger partial charge in [0.2, 0.25) is 5.88 Å². The molecule has 0 spiro atoms. The second kappa shape index (κ2) is 11.0. The molecule has 2 aliphatic rings. The van der Waals surface area contributed by atoms with E-state index < -0.39 is 0 Å². The third-order valence-electron chi connectivity index (χ3n) is 5.45. The average Bonchev–Trinajstić information content (AvgIpc) is 3.31. The fourth-order valence-electron chi connectivity index (χ4n) is 3.81. The predicted molar refractivity (Wildman–Crippen MR) is 122 cm³/mol. The van der Waals surface area contributed by atoms with Crippen LogP contribution in [-0.4, -0.2) is 50.5 Å². The number of nitrogens with one attached hydrogen (secondary N) is 1. The van der Waals surface area contributed by atoms with Crippen LogP contribution in [0.2, 0.25) is 0 Å². The van der Waals surface area contributed by atoms with Gasteiger partial charge in [-0.2, -0.15) is 10.1 Å². The molecule has 0 unspecified atom stereocenters. The first-order valence-corrected chi connectivity index (χ1v) is 11.1. The molecule has 0 bridgehead atoms. The molecule has 2 heterocycles. The molecule has 1 aliphatic carbocycles. The van der Waals surface area contributed by atoms with Crippen molar-refractivity contribution >= 4 is 11.5 Å². The summed E-state index contributed by atoms with van der Waals surface area (Å²) in [6.45, 7) is 7.11. The second-order valence-corrected chi connectivity index (χ2v) is 7.95. The molecule has 1 N–H and O–H groups in total. The number of aromatic nitrogens is 1. The highest BCUT2D eigenvalue weighted by Gasteiger charge is 2.14. The van der Waals surface area contributed by atoms with E-state index in [1.54, 1.807) is 0 Å². The number of hydrogen-bond donors (Lipinski definition) is 1. The zero-order chi connectivity index (χ0) is 21.3. The molecule has 1 fully saturated rings. The number of ether oxygens (including phenoxy) is 2. The van der Waals surface area contributed by atoms with Crippen LogP contribution in [-0.2, 0) is 11.3 Å². The van der Waals surface area contributed by atoms with Gasteiger partial charge in [0.1, 0.15) is 6.61 Å². The number of hydrogen-bond acceptors (Lipinski definition) is 7. The SMILES string of the molecule is Cc1cccc(CN=Nc2cc(N3CCOCC3)cc(OCCNC3CC=CC3)n2)c1. The van der Waals surface area contributed by atoms with Crippen LogP contribution in [0.4, 0.5) is 11.5 Å². The molecule has 7 nitrogen and oxygen atoms in total. The van der Waals surface area contributed by atoms with Gasteiger partial charge in [-0.25, -0.2) is 0 Å². The number of nitrogens with zero attached hydrogens (tertiary/aromatic N) is 4. The van der Waals surface area contributed by atoms with Crippen LogP contribution in [0.1, 0.15) is 24.0 Å². The van der Waals surface area contributed by atoms with Crippen LogP contribution in [0.5, 0.6) is 5.88 Å². The Bertz CT molecular complexity index is 901. The van der Waals surface area contributed by atoms with E-state index in [1.807, 2.05) is 18.2 Å². The van der Waals surface area contributed by atoms with E-state index >= 15 is 0 Å². The maximum absolute atomic E-state index is 5.96. The lowest BCUT2D eigenvalue weighted by Crippen LogP contribution is -2.36. The molecule has 1 saturated heterocycles. The van der Waals surface area contributed by atoms with Crippen molar-refractivity contribution in [3.8, 4) is 5.88 Å². The Kier molecular flexibility index (Phi) is 7.63. The Balaban J connectivity index is 1.41. The summed E-state index contributed by atoms with van der Waals surface area (Å²) in [7, 11) is 0.